The van der Waals surface area contributed by atoms with Gasteiger partial charge in [0.1, 0.15) is 0 Å². The van der Waals surface area contributed by atoms with E-state index in [1.165, 1.54) is 0 Å². The molecule has 2 heterocycles. The fraction of sp³-hybridized carbons (Fsp3) is 0.0526. The molecule has 0 aliphatic carbocycles. The second kappa shape index (κ2) is 12.2. The molecule has 7 rings (SSSR count). The van der Waals surface area contributed by atoms with Crippen molar-refractivity contribution in [3.63, 3.8) is 0 Å². The second-order valence-corrected chi connectivity index (χ2v) is 10.2. The molecule has 43 heavy (non-hydrogen) atoms. The van der Waals surface area contributed by atoms with Crippen molar-refractivity contribution >= 4 is 33.2 Å². The zero-order chi connectivity index (χ0) is 28.5. The Morgan fingerprint density at radius 1 is 0.419 bits per heavy atom. The summed E-state index contributed by atoms with van der Waals surface area (Å²) in [6.07, 6.45) is 0. The van der Waals surface area contributed by atoms with Crippen molar-refractivity contribution in [1.29, 1.82) is 0 Å². The predicted octanol–water partition coefficient (Wildman–Crippen LogP) is 10.7. The van der Waals surface area contributed by atoms with Crippen molar-refractivity contribution in [2.45, 2.75) is 0 Å². The van der Waals surface area contributed by atoms with Crippen LogP contribution < -0.4 is 0 Å². The topological polar surface area (TPSA) is 54.0 Å². The van der Waals surface area contributed by atoms with Gasteiger partial charge in [-0.15, -0.1) is 25.5 Å². The molecule has 0 aliphatic rings. The first-order valence-electron chi connectivity index (χ1n) is 14.0. The van der Waals surface area contributed by atoms with Gasteiger partial charge < -0.3 is 10.6 Å². The average Bonchev–Trinajstić information content (AvgIpc) is 3.07. The minimum Gasteiger partial charge on any atom is -0.686 e. The van der Waals surface area contributed by atoms with E-state index in [9.17, 15) is 0 Å². The van der Waals surface area contributed by atoms with Crippen LogP contribution in [0.2, 0.25) is 0 Å². The normalized spacial score (nSPS) is 10.8. The van der Waals surface area contributed by atoms with E-state index in [0.717, 1.165) is 77.9 Å². The van der Waals surface area contributed by atoms with E-state index in [-0.39, 0.29) is 20.4 Å². The maximum absolute atomic E-state index is 5.33. The van der Waals surface area contributed by atoms with Gasteiger partial charge in [-0.3, -0.25) is 0 Å². The van der Waals surface area contributed by atoms with E-state index in [2.05, 4.69) is 95.6 Å². The van der Waals surface area contributed by atoms with Gasteiger partial charge >= 0.3 is 20.4 Å². The molecular formula is C38H28N4Pd. The molecule has 0 N–H and O–H groups in total. The van der Waals surface area contributed by atoms with E-state index in [0.29, 0.717) is 0 Å². The maximum Gasteiger partial charge on any atom is 2.00 e. The third-order valence-electron chi connectivity index (χ3n) is 7.77. The standard InChI is InChI=1S/C38H28N4.Pd/c1-39-33-19-11-9-17-29(33)35-23-31(25-13-5-3-6-14-25)27-21-22-28-32(26-15-7-4-8-16-26)24-36(42-38(28)37(27)41-35)30-18-10-12-20-34(30)40-2;/h3-24H,1-2H3;/q-2;+2. The van der Waals surface area contributed by atoms with Crippen molar-refractivity contribution in [3.8, 4) is 44.8 Å². The Labute approximate surface area is 265 Å². The number of rotatable bonds is 6. The molecule has 2 aromatic heterocycles. The van der Waals surface area contributed by atoms with Gasteiger partial charge in [0.05, 0.1) is 22.4 Å². The van der Waals surface area contributed by atoms with Crippen molar-refractivity contribution in [3.05, 3.63) is 144 Å². The number of fused-ring (bicyclic) bond motifs is 3. The number of hydrogen-bond acceptors (Lipinski definition) is 2. The molecule has 5 heteroatoms. The van der Waals surface area contributed by atoms with E-state index < -0.39 is 0 Å². The number of aromatic nitrogens is 2. The summed E-state index contributed by atoms with van der Waals surface area (Å²) < 4.78 is 0. The minimum atomic E-state index is 0. The van der Waals surface area contributed by atoms with Crippen molar-refractivity contribution < 1.29 is 20.4 Å². The molecule has 0 unspecified atom stereocenters. The zero-order valence-electron chi connectivity index (χ0n) is 23.8. The van der Waals surface area contributed by atoms with E-state index in [1.54, 1.807) is 0 Å². The summed E-state index contributed by atoms with van der Waals surface area (Å²) in [6.45, 7) is 0. The van der Waals surface area contributed by atoms with Crippen molar-refractivity contribution in [2.75, 3.05) is 14.1 Å². The number of benzene rings is 5. The molecule has 0 saturated carbocycles. The van der Waals surface area contributed by atoms with Crippen LogP contribution in [0, 0.1) is 0 Å². The fourth-order valence-corrected chi connectivity index (χ4v) is 5.73. The first-order valence-corrected chi connectivity index (χ1v) is 14.0. The summed E-state index contributed by atoms with van der Waals surface area (Å²) in [5.41, 5.74) is 11.7. The number of para-hydroxylation sites is 2. The molecule has 0 saturated heterocycles. The third kappa shape index (κ3) is 5.19. The SMILES string of the molecule is C[N-]c1ccccc1-c1cc(-c2ccccc2)c2ccc3c(-c4ccccc4)cc(-c4ccccc4[N-]C)nc3c2n1.[Pd+2]. The Hall–Kier alpha value is -4.82. The predicted molar refractivity (Wildman–Crippen MR) is 177 cm³/mol. The van der Waals surface area contributed by atoms with Crippen LogP contribution >= 0.6 is 0 Å². The summed E-state index contributed by atoms with van der Waals surface area (Å²) >= 11 is 0. The van der Waals surface area contributed by atoms with Gasteiger partial charge in [-0.25, -0.2) is 9.97 Å². The molecular weight excluding hydrogens is 619 g/mol. The summed E-state index contributed by atoms with van der Waals surface area (Å²) in [6, 6.07) is 46.1. The van der Waals surface area contributed by atoms with E-state index >= 15 is 0 Å². The van der Waals surface area contributed by atoms with Crippen LogP contribution in [0.25, 0.3) is 77.2 Å². The molecule has 0 amide bonds. The Bertz CT molecular complexity index is 1910. The quantitative estimate of drug-likeness (QED) is 0.133. The Kier molecular flexibility index (Phi) is 8.03. The molecule has 0 fully saturated rings. The zero-order valence-corrected chi connectivity index (χ0v) is 25.4. The van der Waals surface area contributed by atoms with E-state index in [4.69, 9.17) is 9.97 Å². The van der Waals surface area contributed by atoms with Gasteiger partial charge in [0.25, 0.3) is 0 Å². The summed E-state index contributed by atoms with van der Waals surface area (Å²) in [4.78, 5) is 10.7. The van der Waals surface area contributed by atoms with Crippen LogP contribution in [-0.4, -0.2) is 24.1 Å². The summed E-state index contributed by atoms with van der Waals surface area (Å²) in [5.74, 6) is 0. The fourth-order valence-electron chi connectivity index (χ4n) is 5.73. The molecule has 0 bridgehead atoms. The van der Waals surface area contributed by atoms with Gasteiger partial charge in [-0.1, -0.05) is 121 Å². The van der Waals surface area contributed by atoms with Gasteiger partial charge in [0.2, 0.25) is 0 Å². The van der Waals surface area contributed by atoms with Gasteiger partial charge in [0.15, 0.2) is 0 Å². The third-order valence-corrected chi connectivity index (χ3v) is 7.77. The van der Waals surface area contributed by atoms with Crippen LogP contribution in [0.15, 0.2) is 133 Å². The van der Waals surface area contributed by atoms with Crippen LogP contribution in [-0.2, 0) is 20.4 Å². The molecule has 210 valence electrons. The molecule has 0 aliphatic heterocycles. The summed E-state index contributed by atoms with van der Waals surface area (Å²) in [7, 11) is 3.65. The molecule has 4 nitrogen and oxygen atoms in total. The number of pyridine rings is 2. The smallest absolute Gasteiger partial charge is 0.686 e. The second-order valence-electron chi connectivity index (χ2n) is 10.2. The largest absolute Gasteiger partial charge is 2.00 e. The van der Waals surface area contributed by atoms with Crippen LogP contribution in [0.1, 0.15) is 0 Å². The van der Waals surface area contributed by atoms with E-state index in [1.807, 2.05) is 62.6 Å². The molecule has 0 spiro atoms. The number of hydrogen-bond donors (Lipinski definition) is 0. The number of nitrogens with zero attached hydrogens (tertiary/aromatic N) is 4. The van der Waals surface area contributed by atoms with Gasteiger partial charge in [-0.2, -0.15) is 0 Å². The Balaban J connectivity index is 0.00000329. The Morgan fingerprint density at radius 2 is 0.791 bits per heavy atom. The van der Waals surface area contributed by atoms with Gasteiger partial charge in [0, 0.05) is 10.8 Å². The first-order chi connectivity index (χ1) is 20.7. The van der Waals surface area contributed by atoms with Crippen LogP contribution in [0.4, 0.5) is 11.4 Å². The van der Waals surface area contributed by atoms with Crippen molar-refractivity contribution in [1.82, 2.24) is 9.97 Å². The van der Waals surface area contributed by atoms with Gasteiger partial charge in [-0.05, 0) is 45.5 Å². The molecule has 0 radical (unpaired) electrons. The van der Waals surface area contributed by atoms with Crippen LogP contribution in [0.5, 0.6) is 0 Å². The minimum absolute atomic E-state index is 0. The van der Waals surface area contributed by atoms with Crippen molar-refractivity contribution in [2.24, 2.45) is 0 Å². The average molecular weight is 647 g/mol. The molecule has 0 atom stereocenters. The Morgan fingerprint density at radius 3 is 1.19 bits per heavy atom. The molecule has 5 aromatic carbocycles. The summed E-state index contributed by atoms with van der Waals surface area (Å²) in [5, 5.41) is 11.2. The molecule has 7 aromatic rings. The maximum atomic E-state index is 5.33. The first kappa shape index (κ1) is 28.3. The monoisotopic (exact) mass is 646 g/mol. The van der Waals surface area contributed by atoms with Crippen LogP contribution in [0.3, 0.4) is 0 Å².